The van der Waals surface area contributed by atoms with E-state index in [1.807, 2.05) is 12.1 Å². The van der Waals surface area contributed by atoms with Crippen LogP contribution in [0.3, 0.4) is 0 Å². The predicted octanol–water partition coefficient (Wildman–Crippen LogP) is 2.99. The molecule has 18 heavy (non-hydrogen) atoms. The predicted molar refractivity (Wildman–Crippen MR) is 72.7 cm³/mol. The molecular weight excluding hydrogens is 320 g/mol. The summed E-state index contributed by atoms with van der Waals surface area (Å²) in [5.74, 6) is 1.75. The summed E-state index contributed by atoms with van der Waals surface area (Å²) >= 11 is 4.72. The Kier molecular flexibility index (Phi) is 4.03. The average Bonchev–Trinajstić information content (AvgIpc) is 2.83. The lowest BCUT2D eigenvalue weighted by molar-refractivity contribution is 0.324. The summed E-state index contributed by atoms with van der Waals surface area (Å²) in [5, 5.41) is 8.76. The minimum atomic E-state index is 0.562. The molecule has 1 heterocycles. The van der Waals surface area contributed by atoms with E-state index in [0.29, 0.717) is 17.2 Å². The van der Waals surface area contributed by atoms with E-state index >= 15 is 0 Å². The Bertz CT molecular complexity index is 534. The molecule has 96 valence electrons. The van der Waals surface area contributed by atoms with Gasteiger partial charge in [0, 0.05) is 5.56 Å². The second-order valence-corrected chi connectivity index (χ2v) is 5.53. The fraction of sp³-hybridized carbons (Fsp3) is 0.273. The molecule has 0 aliphatic rings. The molecule has 0 radical (unpaired) electrons. The molecule has 0 N–H and O–H groups in total. The van der Waals surface area contributed by atoms with Crippen LogP contribution in [0.1, 0.15) is 0 Å². The molecule has 1 aromatic heterocycles. The van der Waals surface area contributed by atoms with E-state index in [1.54, 1.807) is 21.3 Å². The molecule has 0 unspecified atom stereocenters. The standard InChI is InChI=1S/C11H11BrN2O3S/c1-15-7-4-6(10-13-14-11(12)18-10)5-8(16-2)9(7)17-3/h4-5H,1-3H3. The summed E-state index contributed by atoms with van der Waals surface area (Å²) in [6, 6.07) is 3.68. The van der Waals surface area contributed by atoms with Crippen LogP contribution in [-0.2, 0) is 0 Å². The Balaban J connectivity index is 2.56. The highest BCUT2D eigenvalue weighted by atomic mass is 79.9. The van der Waals surface area contributed by atoms with Crippen molar-refractivity contribution in [1.29, 1.82) is 0 Å². The number of halogens is 1. The highest BCUT2D eigenvalue weighted by Crippen LogP contribution is 2.41. The molecule has 0 atom stereocenters. The van der Waals surface area contributed by atoms with Crippen LogP contribution in [0.15, 0.2) is 16.0 Å². The number of nitrogens with zero attached hydrogens (tertiary/aromatic N) is 2. The number of hydrogen-bond acceptors (Lipinski definition) is 6. The first-order chi connectivity index (χ1) is 8.69. The van der Waals surface area contributed by atoms with Gasteiger partial charge in [-0.3, -0.25) is 0 Å². The maximum Gasteiger partial charge on any atom is 0.203 e. The highest BCUT2D eigenvalue weighted by molar-refractivity contribution is 9.11. The highest BCUT2D eigenvalue weighted by Gasteiger charge is 2.15. The van der Waals surface area contributed by atoms with Crippen LogP contribution >= 0.6 is 27.3 Å². The largest absolute Gasteiger partial charge is 0.493 e. The van der Waals surface area contributed by atoms with Crippen molar-refractivity contribution in [2.75, 3.05) is 21.3 Å². The number of hydrogen-bond donors (Lipinski definition) is 0. The summed E-state index contributed by atoms with van der Waals surface area (Å²) in [6.07, 6.45) is 0. The van der Waals surface area contributed by atoms with Crippen molar-refractivity contribution < 1.29 is 14.2 Å². The Morgan fingerprint density at radius 1 is 1.00 bits per heavy atom. The first kappa shape index (κ1) is 13.1. The maximum atomic E-state index is 5.29. The van der Waals surface area contributed by atoms with Gasteiger partial charge in [-0.05, 0) is 28.1 Å². The summed E-state index contributed by atoms with van der Waals surface area (Å²) < 4.78 is 16.6. The van der Waals surface area contributed by atoms with Gasteiger partial charge in [0.05, 0.1) is 21.3 Å². The van der Waals surface area contributed by atoms with Crippen molar-refractivity contribution in [2.24, 2.45) is 0 Å². The Morgan fingerprint density at radius 3 is 2.00 bits per heavy atom. The molecule has 2 rings (SSSR count). The second kappa shape index (κ2) is 5.53. The van der Waals surface area contributed by atoms with Gasteiger partial charge in [0.2, 0.25) is 5.75 Å². The summed E-state index contributed by atoms with van der Waals surface area (Å²) in [7, 11) is 4.73. The minimum absolute atomic E-state index is 0.562. The zero-order chi connectivity index (χ0) is 13.1. The van der Waals surface area contributed by atoms with Gasteiger partial charge in [-0.2, -0.15) is 0 Å². The van der Waals surface area contributed by atoms with Gasteiger partial charge in [0.25, 0.3) is 0 Å². The lowest BCUT2D eigenvalue weighted by Gasteiger charge is -2.12. The van der Waals surface area contributed by atoms with Crippen LogP contribution in [-0.4, -0.2) is 31.5 Å². The van der Waals surface area contributed by atoms with E-state index in [1.165, 1.54) is 11.3 Å². The lowest BCUT2D eigenvalue weighted by atomic mass is 10.2. The van der Waals surface area contributed by atoms with Crippen molar-refractivity contribution in [3.8, 4) is 27.8 Å². The molecule has 0 bridgehead atoms. The number of methoxy groups -OCH3 is 3. The smallest absolute Gasteiger partial charge is 0.203 e. The molecule has 7 heteroatoms. The van der Waals surface area contributed by atoms with Gasteiger partial charge in [-0.25, -0.2) is 0 Å². The molecule has 0 amide bonds. The van der Waals surface area contributed by atoms with Gasteiger partial charge >= 0.3 is 0 Å². The molecule has 5 nitrogen and oxygen atoms in total. The number of aromatic nitrogens is 2. The van der Waals surface area contributed by atoms with Crippen LogP contribution in [0.2, 0.25) is 0 Å². The van der Waals surface area contributed by atoms with Gasteiger partial charge in [-0.15, -0.1) is 10.2 Å². The molecule has 0 fully saturated rings. The van der Waals surface area contributed by atoms with E-state index < -0.39 is 0 Å². The zero-order valence-electron chi connectivity index (χ0n) is 10.1. The number of rotatable bonds is 4. The Morgan fingerprint density at radius 2 is 1.61 bits per heavy atom. The van der Waals surface area contributed by atoms with Crippen LogP contribution in [0.4, 0.5) is 0 Å². The average molecular weight is 331 g/mol. The minimum Gasteiger partial charge on any atom is -0.493 e. The third kappa shape index (κ3) is 2.41. The quantitative estimate of drug-likeness (QED) is 0.862. The Labute approximate surface area is 117 Å². The van der Waals surface area contributed by atoms with Gasteiger partial charge in [-0.1, -0.05) is 11.3 Å². The first-order valence-electron chi connectivity index (χ1n) is 4.99. The zero-order valence-corrected chi connectivity index (χ0v) is 12.5. The third-order valence-corrected chi connectivity index (χ3v) is 3.72. The topological polar surface area (TPSA) is 53.5 Å². The summed E-state index contributed by atoms with van der Waals surface area (Å²) in [6.45, 7) is 0. The van der Waals surface area contributed by atoms with E-state index in [-0.39, 0.29) is 0 Å². The third-order valence-electron chi connectivity index (χ3n) is 2.31. The van der Waals surface area contributed by atoms with E-state index in [2.05, 4.69) is 26.1 Å². The van der Waals surface area contributed by atoms with Crippen LogP contribution < -0.4 is 14.2 Å². The lowest BCUT2D eigenvalue weighted by Crippen LogP contribution is -1.95. The van der Waals surface area contributed by atoms with Crippen molar-refractivity contribution in [3.63, 3.8) is 0 Å². The molecule has 0 spiro atoms. The van der Waals surface area contributed by atoms with Crippen LogP contribution in [0.25, 0.3) is 10.6 Å². The fourth-order valence-electron chi connectivity index (χ4n) is 1.53. The van der Waals surface area contributed by atoms with E-state index in [4.69, 9.17) is 14.2 Å². The van der Waals surface area contributed by atoms with E-state index in [9.17, 15) is 0 Å². The number of benzene rings is 1. The monoisotopic (exact) mass is 330 g/mol. The van der Waals surface area contributed by atoms with Crippen molar-refractivity contribution in [3.05, 3.63) is 16.0 Å². The van der Waals surface area contributed by atoms with Crippen molar-refractivity contribution in [2.45, 2.75) is 0 Å². The van der Waals surface area contributed by atoms with Gasteiger partial charge < -0.3 is 14.2 Å². The maximum absolute atomic E-state index is 5.29. The van der Waals surface area contributed by atoms with Crippen LogP contribution in [0, 0.1) is 0 Å². The van der Waals surface area contributed by atoms with Crippen molar-refractivity contribution >= 4 is 27.3 Å². The SMILES string of the molecule is COc1cc(-c2nnc(Br)s2)cc(OC)c1OC. The molecule has 1 aromatic carbocycles. The molecular formula is C11H11BrN2O3S. The van der Waals surface area contributed by atoms with Crippen molar-refractivity contribution in [1.82, 2.24) is 10.2 Å². The van der Waals surface area contributed by atoms with E-state index in [0.717, 1.165) is 14.5 Å². The fourth-order valence-corrected chi connectivity index (χ4v) is 2.62. The summed E-state index contributed by atoms with van der Waals surface area (Å²) in [4.78, 5) is 0. The summed E-state index contributed by atoms with van der Waals surface area (Å²) in [5.41, 5.74) is 0.868. The Hall–Kier alpha value is -1.34. The van der Waals surface area contributed by atoms with Gasteiger partial charge in [0.1, 0.15) is 5.01 Å². The molecule has 0 aliphatic carbocycles. The second-order valence-electron chi connectivity index (χ2n) is 3.27. The normalized spacial score (nSPS) is 10.2. The van der Waals surface area contributed by atoms with Gasteiger partial charge in [0.15, 0.2) is 15.4 Å². The molecule has 0 saturated carbocycles. The molecule has 2 aromatic rings. The van der Waals surface area contributed by atoms with Crippen LogP contribution in [0.5, 0.6) is 17.2 Å². The first-order valence-corrected chi connectivity index (χ1v) is 6.60. The number of ether oxygens (including phenoxy) is 3. The molecule has 0 aliphatic heterocycles. The molecule has 0 saturated heterocycles.